The smallest absolute Gasteiger partial charge is 0.256 e. The lowest BCUT2D eigenvalue weighted by Crippen LogP contribution is -2.27. The first-order valence-corrected chi connectivity index (χ1v) is 5.73. The van der Waals surface area contributed by atoms with Gasteiger partial charge in [0.1, 0.15) is 5.82 Å². The van der Waals surface area contributed by atoms with E-state index in [0.29, 0.717) is 12.1 Å². The number of H-pyrrole nitrogens is 1. The second-order valence-corrected chi connectivity index (χ2v) is 3.99. The van der Waals surface area contributed by atoms with Crippen molar-refractivity contribution < 1.29 is 4.79 Å². The van der Waals surface area contributed by atoms with E-state index in [1.165, 1.54) is 0 Å². The number of benzene rings is 1. The Bertz CT molecular complexity index is 522. The average molecular weight is 244 g/mol. The van der Waals surface area contributed by atoms with Crippen molar-refractivity contribution in [2.75, 3.05) is 19.4 Å². The van der Waals surface area contributed by atoms with Gasteiger partial charge in [0.2, 0.25) is 0 Å². The zero-order valence-electron chi connectivity index (χ0n) is 10.5. The summed E-state index contributed by atoms with van der Waals surface area (Å²) in [4.78, 5) is 21.0. The van der Waals surface area contributed by atoms with E-state index in [-0.39, 0.29) is 5.91 Å². The molecule has 0 spiro atoms. The summed E-state index contributed by atoms with van der Waals surface area (Å²) in [7, 11) is 3.57. The molecule has 5 heteroatoms. The molecule has 94 valence electrons. The zero-order valence-corrected chi connectivity index (χ0v) is 10.5. The second kappa shape index (κ2) is 5.35. The van der Waals surface area contributed by atoms with Crippen molar-refractivity contribution in [1.29, 1.82) is 0 Å². The predicted molar refractivity (Wildman–Crippen MR) is 70.4 cm³/mol. The van der Waals surface area contributed by atoms with Gasteiger partial charge >= 0.3 is 0 Å². The first-order valence-electron chi connectivity index (χ1n) is 5.73. The molecule has 1 aromatic carbocycles. The molecule has 2 aromatic rings. The molecule has 0 saturated heterocycles. The number of anilines is 1. The molecule has 1 amide bonds. The van der Waals surface area contributed by atoms with Crippen LogP contribution in [-0.4, -0.2) is 34.9 Å². The SMILES string of the molecule is CNc1ccccc1C(=O)N(C)Cc1ncc[nH]1. The van der Waals surface area contributed by atoms with Gasteiger partial charge < -0.3 is 15.2 Å². The molecule has 0 aliphatic heterocycles. The molecule has 1 heterocycles. The van der Waals surface area contributed by atoms with Crippen LogP contribution in [0.1, 0.15) is 16.2 Å². The summed E-state index contributed by atoms with van der Waals surface area (Å²) in [5.41, 5.74) is 1.49. The maximum atomic E-state index is 12.3. The Morgan fingerprint density at radius 3 is 2.89 bits per heavy atom. The largest absolute Gasteiger partial charge is 0.387 e. The molecule has 18 heavy (non-hydrogen) atoms. The Kier molecular flexibility index (Phi) is 3.62. The quantitative estimate of drug-likeness (QED) is 0.861. The molecule has 5 nitrogen and oxygen atoms in total. The molecule has 0 aliphatic rings. The lowest BCUT2D eigenvalue weighted by molar-refractivity contribution is 0.0783. The van der Waals surface area contributed by atoms with E-state index in [4.69, 9.17) is 0 Å². The van der Waals surface area contributed by atoms with Crippen LogP contribution >= 0.6 is 0 Å². The van der Waals surface area contributed by atoms with Gasteiger partial charge in [0, 0.05) is 32.2 Å². The molecule has 1 aromatic heterocycles. The number of carbonyl (C=O) groups excluding carboxylic acids is 1. The Labute approximate surface area is 106 Å². The molecule has 0 atom stereocenters. The first kappa shape index (κ1) is 12.2. The minimum absolute atomic E-state index is 0.0312. The van der Waals surface area contributed by atoms with E-state index in [1.807, 2.05) is 24.3 Å². The number of amides is 1. The van der Waals surface area contributed by atoms with Crippen LogP contribution in [0.5, 0.6) is 0 Å². The summed E-state index contributed by atoms with van der Waals surface area (Å²) in [5, 5.41) is 3.02. The molecule has 2 N–H and O–H groups in total. The predicted octanol–water partition coefficient (Wildman–Crippen LogP) is 1.72. The van der Waals surface area contributed by atoms with Gasteiger partial charge in [0.05, 0.1) is 12.1 Å². The summed E-state index contributed by atoms with van der Waals surface area (Å²) in [6.07, 6.45) is 3.42. The van der Waals surface area contributed by atoms with E-state index in [2.05, 4.69) is 15.3 Å². The summed E-state index contributed by atoms with van der Waals surface area (Å²) < 4.78 is 0. The average Bonchev–Trinajstić information content (AvgIpc) is 2.90. The van der Waals surface area contributed by atoms with Gasteiger partial charge in [-0.3, -0.25) is 4.79 Å². The van der Waals surface area contributed by atoms with Crippen molar-refractivity contribution in [2.45, 2.75) is 6.54 Å². The van der Waals surface area contributed by atoms with Crippen LogP contribution in [0.15, 0.2) is 36.7 Å². The molecule has 0 saturated carbocycles. The van der Waals surface area contributed by atoms with Crippen LogP contribution in [0.25, 0.3) is 0 Å². The van der Waals surface area contributed by atoms with Crippen LogP contribution in [-0.2, 0) is 6.54 Å². The normalized spacial score (nSPS) is 10.1. The van der Waals surface area contributed by atoms with Crippen molar-refractivity contribution in [3.63, 3.8) is 0 Å². The zero-order chi connectivity index (χ0) is 13.0. The minimum atomic E-state index is -0.0312. The molecule has 0 unspecified atom stereocenters. The minimum Gasteiger partial charge on any atom is -0.387 e. The number of nitrogens with zero attached hydrogens (tertiary/aromatic N) is 2. The van der Waals surface area contributed by atoms with Crippen molar-refractivity contribution >= 4 is 11.6 Å². The number of nitrogens with one attached hydrogen (secondary N) is 2. The fourth-order valence-electron chi connectivity index (χ4n) is 1.77. The number of carbonyl (C=O) groups is 1. The molecular formula is C13H16N4O. The van der Waals surface area contributed by atoms with E-state index >= 15 is 0 Å². The molecular weight excluding hydrogens is 228 g/mol. The number of hydrogen-bond donors (Lipinski definition) is 2. The maximum Gasteiger partial charge on any atom is 0.256 e. The lowest BCUT2D eigenvalue weighted by atomic mass is 10.1. The molecule has 0 radical (unpaired) electrons. The van der Waals surface area contributed by atoms with Crippen LogP contribution in [0, 0.1) is 0 Å². The van der Waals surface area contributed by atoms with Crippen LogP contribution < -0.4 is 5.32 Å². The summed E-state index contributed by atoms with van der Waals surface area (Å²) in [5.74, 6) is 0.740. The highest BCUT2D eigenvalue weighted by Gasteiger charge is 2.15. The van der Waals surface area contributed by atoms with Gasteiger partial charge in [-0.05, 0) is 12.1 Å². The van der Waals surface area contributed by atoms with Crippen LogP contribution in [0.2, 0.25) is 0 Å². The van der Waals surface area contributed by atoms with Crippen molar-refractivity contribution in [3.05, 3.63) is 48.0 Å². The van der Waals surface area contributed by atoms with Gasteiger partial charge in [0.15, 0.2) is 0 Å². The third kappa shape index (κ3) is 2.51. The standard InChI is InChI=1S/C13H16N4O/c1-14-11-6-4-3-5-10(11)13(18)17(2)9-12-15-7-8-16-12/h3-8,14H,9H2,1-2H3,(H,15,16). The Morgan fingerprint density at radius 2 is 2.22 bits per heavy atom. The highest BCUT2D eigenvalue weighted by molar-refractivity contribution is 5.99. The molecule has 0 bridgehead atoms. The maximum absolute atomic E-state index is 12.3. The number of imidazole rings is 1. The van der Waals surface area contributed by atoms with Crippen molar-refractivity contribution in [1.82, 2.24) is 14.9 Å². The van der Waals surface area contributed by atoms with Crippen molar-refractivity contribution in [3.8, 4) is 0 Å². The van der Waals surface area contributed by atoms with Gasteiger partial charge in [-0.15, -0.1) is 0 Å². The fraction of sp³-hybridized carbons (Fsp3) is 0.231. The third-order valence-electron chi connectivity index (χ3n) is 2.72. The summed E-state index contributed by atoms with van der Waals surface area (Å²) >= 11 is 0. The highest BCUT2D eigenvalue weighted by atomic mass is 16.2. The van der Waals surface area contributed by atoms with E-state index in [9.17, 15) is 4.79 Å². The number of aromatic nitrogens is 2. The van der Waals surface area contributed by atoms with E-state index in [1.54, 1.807) is 31.4 Å². The van der Waals surface area contributed by atoms with Crippen LogP contribution in [0.3, 0.4) is 0 Å². The monoisotopic (exact) mass is 244 g/mol. The topological polar surface area (TPSA) is 61.0 Å². The van der Waals surface area contributed by atoms with Gasteiger partial charge in [-0.1, -0.05) is 12.1 Å². The Hall–Kier alpha value is -2.30. The molecule has 0 fully saturated rings. The summed E-state index contributed by atoms with van der Waals surface area (Å²) in [6, 6.07) is 7.45. The first-order chi connectivity index (χ1) is 8.72. The van der Waals surface area contributed by atoms with Crippen molar-refractivity contribution in [2.24, 2.45) is 0 Å². The van der Waals surface area contributed by atoms with Gasteiger partial charge in [0.25, 0.3) is 5.91 Å². The van der Waals surface area contributed by atoms with Crippen LogP contribution in [0.4, 0.5) is 5.69 Å². The molecule has 2 rings (SSSR count). The molecule has 0 aliphatic carbocycles. The third-order valence-corrected chi connectivity index (χ3v) is 2.72. The number of para-hydroxylation sites is 1. The van der Waals surface area contributed by atoms with E-state index in [0.717, 1.165) is 11.5 Å². The number of aromatic amines is 1. The van der Waals surface area contributed by atoms with Gasteiger partial charge in [-0.25, -0.2) is 4.98 Å². The van der Waals surface area contributed by atoms with Gasteiger partial charge in [-0.2, -0.15) is 0 Å². The Balaban J connectivity index is 2.15. The second-order valence-electron chi connectivity index (χ2n) is 3.99. The summed E-state index contributed by atoms with van der Waals surface area (Å²) in [6.45, 7) is 0.462. The fourth-order valence-corrected chi connectivity index (χ4v) is 1.77. The number of rotatable bonds is 4. The highest BCUT2D eigenvalue weighted by Crippen LogP contribution is 2.16. The Morgan fingerprint density at radius 1 is 1.44 bits per heavy atom. The number of hydrogen-bond acceptors (Lipinski definition) is 3. The van der Waals surface area contributed by atoms with E-state index < -0.39 is 0 Å². The lowest BCUT2D eigenvalue weighted by Gasteiger charge is -2.17.